The van der Waals surface area contributed by atoms with Crippen molar-refractivity contribution < 1.29 is 58.5 Å². The number of aromatic hydroxyl groups is 1. The summed E-state index contributed by atoms with van der Waals surface area (Å²) < 4.78 is 30.4. The Morgan fingerprint density at radius 2 is 1.65 bits per heavy atom. The van der Waals surface area contributed by atoms with Crippen LogP contribution < -0.4 is 31.0 Å². The molecule has 3 aromatic carbocycles. The minimum atomic E-state index is -2.02. The number of aromatic nitrogens is 1. The van der Waals surface area contributed by atoms with E-state index in [-0.39, 0.29) is 44.1 Å². The van der Waals surface area contributed by atoms with Crippen molar-refractivity contribution in [3.63, 3.8) is 0 Å². The van der Waals surface area contributed by atoms with Crippen LogP contribution in [-0.4, -0.2) is 117 Å². The van der Waals surface area contributed by atoms with Crippen molar-refractivity contribution in [1.29, 1.82) is 0 Å². The van der Waals surface area contributed by atoms with E-state index in [1.165, 1.54) is 58.4 Å². The molecule has 9 atom stereocenters. The molecule has 4 heterocycles. The zero-order chi connectivity index (χ0) is 49.7. The van der Waals surface area contributed by atoms with Crippen molar-refractivity contribution in [2.75, 3.05) is 50.1 Å². The van der Waals surface area contributed by atoms with Crippen molar-refractivity contribution >= 4 is 62.0 Å². The Balaban J connectivity index is 1.46. The number of aliphatic hydroxyl groups excluding tert-OH is 4. The quantitative estimate of drug-likeness (QED) is 0.0890. The summed E-state index contributed by atoms with van der Waals surface area (Å²) in [4.78, 5) is 64.2. The number of ether oxygens (including phenoxy) is 4. The van der Waals surface area contributed by atoms with Gasteiger partial charge in [-0.1, -0.05) is 53.7 Å². The average molecular weight is 943 g/mol. The second-order valence-corrected chi connectivity index (χ2v) is 18.9. The Morgan fingerprint density at radius 1 is 0.956 bits per heavy atom. The molecule has 366 valence electrons. The van der Waals surface area contributed by atoms with Crippen LogP contribution in [0.4, 0.5) is 11.4 Å². The molecular weight excluding hydrogens is 881 g/mol. The number of aliphatic hydroxyl groups is 4. The number of methoxy groups -OCH3 is 1. The summed E-state index contributed by atoms with van der Waals surface area (Å²) in [6.45, 7) is 18.9. The van der Waals surface area contributed by atoms with Gasteiger partial charge in [-0.2, -0.15) is 0 Å². The molecule has 18 nitrogen and oxygen atoms in total. The highest BCUT2D eigenvalue weighted by atomic mass is 16.7. The Hall–Kier alpha value is -6.21. The number of carbonyl (C=O) groups is 2. The Morgan fingerprint density at radius 3 is 2.29 bits per heavy atom. The fraction of sp³-hybridized carbons (Fsp3) is 0.500. The van der Waals surface area contributed by atoms with Gasteiger partial charge in [0.15, 0.2) is 28.2 Å². The molecule has 3 aliphatic heterocycles. The highest BCUT2D eigenvalue weighted by molar-refractivity contribution is 6.16. The summed E-state index contributed by atoms with van der Waals surface area (Å²) in [5.41, 5.74) is -2.19. The van der Waals surface area contributed by atoms with Gasteiger partial charge in [-0.05, 0) is 25.0 Å². The molecule has 68 heavy (non-hydrogen) atoms. The van der Waals surface area contributed by atoms with E-state index in [2.05, 4.69) is 24.1 Å². The molecular formula is C50H62N4O14. The molecule has 1 aromatic heterocycles. The third-order valence-electron chi connectivity index (χ3n) is 13.6. The number of allylic oxidation sites excluding steroid dienone is 2. The maximum Gasteiger partial charge on any atom is 0.307 e. The Bertz CT molecular complexity index is 2900. The number of hydrogen-bond donors (Lipinski definition) is 6. The van der Waals surface area contributed by atoms with Crippen LogP contribution >= 0.6 is 0 Å². The zero-order valence-corrected chi connectivity index (χ0v) is 40.0. The molecule has 4 aromatic rings. The first-order valence-electron chi connectivity index (χ1n) is 22.9. The lowest BCUT2D eigenvalue weighted by Gasteiger charge is -2.38. The van der Waals surface area contributed by atoms with Crippen molar-refractivity contribution in [3.05, 3.63) is 79.7 Å². The van der Waals surface area contributed by atoms with Gasteiger partial charge in [0.25, 0.3) is 5.91 Å². The number of piperazine rings is 1. The molecule has 7 rings (SSSR count). The van der Waals surface area contributed by atoms with Gasteiger partial charge < -0.3 is 59.1 Å². The molecule has 18 heteroatoms. The van der Waals surface area contributed by atoms with Crippen LogP contribution in [0.2, 0.25) is 0 Å². The highest BCUT2D eigenvalue weighted by Crippen LogP contribution is 2.42. The number of benzene rings is 3. The number of rotatable bonds is 5. The molecule has 6 N–H and O–H groups in total. The lowest BCUT2D eigenvalue weighted by Crippen LogP contribution is -2.47. The van der Waals surface area contributed by atoms with Gasteiger partial charge in [0, 0.05) is 106 Å². The minimum absolute atomic E-state index is 0.00792. The molecule has 3 aliphatic rings. The third kappa shape index (κ3) is 9.21. The number of amides is 1. The number of anilines is 2. The van der Waals surface area contributed by atoms with Gasteiger partial charge in [-0.15, -0.1) is 0 Å². The van der Waals surface area contributed by atoms with Crippen molar-refractivity contribution in [2.24, 2.45) is 29.6 Å². The van der Waals surface area contributed by atoms with Crippen LogP contribution in [0.3, 0.4) is 0 Å². The van der Waals surface area contributed by atoms with Gasteiger partial charge in [-0.25, -0.2) is 4.98 Å². The predicted molar refractivity (Wildman–Crippen MR) is 255 cm³/mol. The second kappa shape index (κ2) is 19.4. The van der Waals surface area contributed by atoms with Gasteiger partial charge in [0.2, 0.25) is 10.9 Å². The monoisotopic (exact) mass is 942 g/mol. The number of nitrogens with one attached hydrogen (secondary N) is 1. The molecule has 0 spiro atoms. The fourth-order valence-electron chi connectivity index (χ4n) is 9.68. The summed E-state index contributed by atoms with van der Waals surface area (Å²) in [5.74, 6) is -8.19. The maximum absolute atomic E-state index is 14.8. The molecule has 0 radical (unpaired) electrons. The predicted octanol–water partition coefficient (Wildman–Crippen LogP) is 4.83. The lowest BCUT2D eigenvalue weighted by atomic mass is 9.78. The van der Waals surface area contributed by atoms with E-state index in [0.717, 1.165) is 25.7 Å². The van der Waals surface area contributed by atoms with E-state index >= 15 is 0 Å². The largest absolute Gasteiger partial charge is 0.507 e. The van der Waals surface area contributed by atoms with Crippen LogP contribution in [0.15, 0.2) is 62.5 Å². The van der Waals surface area contributed by atoms with Gasteiger partial charge in [0.05, 0.1) is 35.2 Å². The van der Waals surface area contributed by atoms with Crippen molar-refractivity contribution in [2.45, 2.75) is 92.5 Å². The topological polar surface area (TPSA) is 251 Å². The fourth-order valence-corrected chi connectivity index (χ4v) is 9.68. The van der Waals surface area contributed by atoms with Crippen molar-refractivity contribution in [1.82, 2.24) is 9.88 Å². The number of phenols is 1. The molecule has 0 saturated carbocycles. The van der Waals surface area contributed by atoms with Crippen LogP contribution in [0.5, 0.6) is 11.5 Å². The zero-order valence-electron chi connectivity index (χ0n) is 40.0. The molecule has 0 unspecified atom stereocenters. The number of esters is 1. The highest BCUT2D eigenvalue weighted by Gasteiger charge is 2.44. The smallest absolute Gasteiger partial charge is 0.307 e. The van der Waals surface area contributed by atoms with Gasteiger partial charge in [0.1, 0.15) is 28.8 Å². The third-order valence-corrected chi connectivity index (χ3v) is 13.6. The molecule has 1 amide bonds. The maximum atomic E-state index is 14.8. The van der Waals surface area contributed by atoms with Crippen LogP contribution in [-0.2, 0) is 23.8 Å². The van der Waals surface area contributed by atoms with E-state index in [1.54, 1.807) is 33.8 Å². The van der Waals surface area contributed by atoms with Crippen molar-refractivity contribution in [3.8, 4) is 11.5 Å². The summed E-state index contributed by atoms with van der Waals surface area (Å²) in [6, 6.07) is 3.07. The van der Waals surface area contributed by atoms with E-state index in [1.807, 2.05) is 4.90 Å². The normalized spacial score (nSPS) is 29.5. The molecule has 0 aliphatic carbocycles. The van der Waals surface area contributed by atoms with Crippen LogP contribution in [0, 0.1) is 36.5 Å². The molecule has 4 bridgehead atoms. The van der Waals surface area contributed by atoms with E-state index < -0.39 is 105 Å². The summed E-state index contributed by atoms with van der Waals surface area (Å²) in [6.07, 6.45) is 2.48. The first-order chi connectivity index (χ1) is 32.1. The number of carbonyl (C=O) groups excluding carboxylic acids is 2. The summed E-state index contributed by atoms with van der Waals surface area (Å²) in [7, 11) is 1.43. The van der Waals surface area contributed by atoms with Crippen LogP contribution in [0.1, 0.15) is 61.0 Å². The number of hydrogen-bond acceptors (Lipinski definition) is 17. The number of fused-ring (bicyclic) bond motifs is 2. The SMILES string of the molecule is CO[C@H]1/C=C/O[C@@]2(C)Oc3c(C)c(O)c4c(=O)c(c5oc6cc(N7CCN(CC(C)C)CC7)cc(=O)c6nc5c4c3=C2O)NC(=O)/C(O)=C\C=C\[C@H](C)[C@H](O)[C@@H](C)[C@@H](O)[C@@H](C)[C@H](OC(C)=O)[C@@H]1C. The van der Waals surface area contributed by atoms with Gasteiger partial charge in [-0.3, -0.25) is 24.1 Å². The minimum Gasteiger partial charge on any atom is -0.507 e. The second-order valence-electron chi connectivity index (χ2n) is 18.9. The standard InChI is InChI=1S/C50H62N4O14/c1-23(2)22-53-15-17-54(18-16-53)30-20-32(57)38-34(21-30)67-47-39(51-38)35-36-43(60)28(7)46-37(35)48(62)50(9,68-46)65-19-14-33(64-10)25(4)45(66-29(8)55)27(6)42(59)26(5)41(58)24(3)12-11-13-31(56)49(63)52-40(47)44(36)61/h11-14,19-21,23-27,33,41-42,45,56,58-60,62H,15-18,22H2,1-10H3,(H,52,63)/b12-11+,19-14+,31-13+/t24-,25+,26+,27+,33-,41-,42+,45+,50-/m0/s1. The molecule has 1 fully saturated rings. The Labute approximate surface area is 392 Å². The average Bonchev–Trinajstić information content (AvgIpc) is 3.56. The van der Waals surface area contributed by atoms with Crippen LogP contribution in [0.25, 0.3) is 38.7 Å². The van der Waals surface area contributed by atoms with E-state index in [0.29, 0.717) is 24.7 Å². The van der Waals surface area contributed by atoms with Gasteiger partial charge >= 0.3 is 11.8 Å². The summed E-state index contributed by atoms with van der Waals surface area (Å²) in [5, 5.41) is 59.7. The first kappa shape index (κ1) is 49.7. The van der Waals surface area contributed by atoms with E-state index in [9.17, 15) is 44.7 Å². The van der Waals surface area contributed by atoms with E-state index in [4.69, 9.17) is 28.3 Å². The molecule has 1 saturated heterocycles. The summed E-state index contributed by atoms with van der Waals surface area (Å²) >= 11 is 0. The number of phenolic OH excluding ortho intramolecular Hbond substituents is 1. The number of nitrogens with zero attached hydrogens (tertiary/aromatic N) is 3. The first-order valence-corrected chi connectivity index (χ1v) is 22.9. The lowest BCUT2D eigenvalue weighted by molar-refractivity contribution is -0.160. The Kier molecular flexibility index (Phi) is 14.2.